The maximum absolute atomic E-state index is 4.77. The number of benzene rings is 1. The van der Waals surface area contributed by atoms with Crippen LogP contribution in [-0.2, 0) is 14.1 Å². The summed E-state index contributed by atoms with van der Waals surface area (Å²) in [5.74, 6) is 0.977. The molecule has 0 amide bonds. The zero-order valence-electron chi connectivity index (χ0n) is 11.4. The molecule has 4 aromatic rings. The molecule has 0 spiro atoms. The summed E-state index contributed by atoms with van der Waals surface area (Å²) in [4.78, 5) is 9.20. The average Bonchev–Trinajstić information content (AvgIpc) is 2.99. The van der Waals surface area contributed by atoms with Crippen LogP contribution in [0.5, 0.6) is 0 Å². The largest absolute Gasteiger partial charge is 0.335 e. The first kappa shape index (κ1) is 11.2. The number of hydrogen-bond donors (Lipinski definition) is 0. The Kier molecular flexibility index (Phi) is 2.21. The molecule has 3 aromatic heterocycles. The van der Waals surface area contributed by atoms with Gasteiger partial charge in [-0.3, -0.25) is 0 Å². The minimum Gasteiger partial charge on any atom is -0.335 e. The van der Waals surface area contributed by atoms with E-state index >= 15 is 0 Å². The van der Waals surface area contributed by atoms with Crippen LogP contribution < -0.4 is 0 Å². The van der Waals surface area contributed by atoms with Crippen molar-refractivity contribution in [3.05, 3.63) is 48.8 Å². The van der Waals surface area contributed by atoms with E-state index in [2.05, 4.69) is 34.9 Å². The summed E-state index contributed by atoms with van der Waals surface area (Å²) in [6.07, 6.45) is 3.92. The molecule has 0 aliphatic rings. The molecule has 3 heterocycles. The zero-order chi connectivity index (χ0) is 13.7. The van der Waals surface area contributed by atoms with Gasteiger partial charge in [-0.15, -0.1) is 0 Å². The summed E-state index contributed by atoms with van der Waals surface area (Å²) in [6, 6.07) is 12.3. The fourth-order valence-corrected chi connectivity index (χ4v) is 2.78. The Hall–Kier alpha value is -2.62. The Labute approximate surface area is 116 Å². The van der Waals surface area contributed by atoms with Gasteiger partial charge in [0.1, 0.15) is 11.5 Å². The maximum Gasteiger partial charge on any atom is 0.143 e. The number of hydrogen-bond acceptors (Lipinski definition) is 2. The first-order valence-corrected chi connectivity index (χ1v) is 6.57. The van der Waals surface area contributed by atoms with Crippen molar-refractivity contribution in [3.8, 4) is 11.4 Å². The van der Waals surface area contributed by atoms with Gasteiger partial charge in [0.25, 0.3) is 0 Å². The lowest BCUT2D eigenvalue weighted by atomic mass is 10.2. The van der Waals surface area contributed by atoms with Crippen LogP contribution >= 0.6 is 0 Å². The van der Waals surface area contributed by atoms with Crippen molar-refractivity contribution in [3.63, 3.8) is 0 Å². The Balaban J connectivity index is 2.09. The van der Waals surface area contributed by atoms with Gasteiger partial charge in [-0.2, -0.15) is 0 Å². The summed E-state index contributed by atoms with van der Waals surface area (Å²) in [5.41, 5.74) is 4.26. The normalized spacial score (nSPS) is 11.5. The maximum atomic E-state index is 4.77. The number of imidazole rings is 1. The Morgan fingerprint density at radius 1 is 1.00 bits per heavy atom. The molecule has 4 nitrogen and oxygen atoms in total. The SMILES string of the molecule is Cn1cc(-c2nc3ccccc3n2C)c2cccnc21. The Morgan fingerprint density at radius 2 is 1.85 bits per heavy atom. The van der Waals surface area contributed by atoms with Gasteiger partial charge in [-0.05, 0) is 24.3 Å². The zero-order valence-corrected chi connectivity index (χ0v) is 11.4. The highest BCUT2D eigenvalue weighted by Crippen LogP contribution is 2.30. The molecule has 0 N–H and O–H groups in total. The van der Waals surface area contributed by atoms with Crippen LogP contribution in [0.1, 0.15) is 0 Å². The lowest BCUT2D eigenvalue weighted by Crippen LogP contribution is -1.91. The van der Waals surface area contributed by atoms with Gasteiger partial charge >= 0.3 is 0 Å². The van der Waals surface area contributed by atoms with Crippen molar-refractivity contribution in [2.24, 2.45) is 14.1 Å². The number of aryl methyl sites for hydroxylation is 2. The molecule has 98 valence electrons. The second kappa shape index (κ2) is 3.93. The minimum atomic E-state index is 0.977. The van der Waals surface area contributed by atoms with Crippen molar-refractivity contribution >= 4 is 22.1 Å². The van der Waals surface area contributed by atoms with E-state index in [1.165, 1.54) is 0 Å². The molecule has 0 saturated heterocycles. The van der Waals surface area contributed by atoms with Crippen LogP contribution in [0.2, 0.25) is 0 Å². The predicted molar refractivity (Wildman–Crippen MR) is 80.4 cm³/mol. The van der Waals surface area contributed by atoms with Gasteiger partial charge in [0.05, 0.1) is 11.0 Å². The summed E-state index contributed by atoms with van der Waals surface area (Å²) >= 11 is 0. The van der Waals surface area contributed by atoms with E-state index in [4.69, 9.17) is 4.98 Å². The molecular formula is C16H14N4. The van der Waals surface area contributed by atoms with Crippen LogP contribution in [0, 0.1) is 0 Å². The van der Waals surface area contributed by atoms with Gasteiger partial charge in [0.2, 0.25) is 0 Å². The lowest BCUT2D eigenvalue weighted by Gasteiger charge is -2.00. The number of aromatic nitrogens is 4. The highest BCUT2D eigenvalue weighted by molar-refractivity contribution is 5.94. The van der Waals surface area contributed by atoms with E-state index in [-0.39, 0.29) is 0 Å². The van der Waals surface area contributed by atoms with Gasteiger partial charge in [-0.1, -0.05) is 12.1 Å². The topological polar surface area (TPSA) is 35.6 Å². The molecule has 20 heavy (non-hydrogen) atoms. The van der Waals surface area contributed by atoms with Gasteiger partial charge in [0.15, 0.2) is 0 Å². The minimum absolute atomic E-state index is 0.977. The summed E-state index contributed by atoms with van der Waals surface area (Å²) in [5, 5.41) is 1.13. The lowest BCUT2D eigenvalue weighted by molar-refractivity contribution is 0.936. The van der Waals surface area contributed by atoms with Crippen LogP contribution in [0.15, 0.2) is 48.8 Å². The average molecular weight is 262 g/mol. The third kappa shape index (κ3) is 1.42. The Bertz CT molecular complexity index is 930. The summed E-state index contributed by atoms with van der Waals surface area (Å²) < 4.78 is 4.18. The molecular weight excluding hydrogens is 248 g/mol. The van der Waals surface area contributed by atoms with Crippen molar-refractivity contribution in [1.29, 1.82) is 0 Å². The Morgan fingerprint density at radius 3 is 2.70 bits per heavy atom. The molecule has 4 rings (SSSR count). The monoisotopic (exact) mass is 262 g/mol. The molecule has 0 bridgehead atoms. The van der Waals surface area contributed by atoms with E-state index in [0.29, 0.717) is 0 Å². The molecule has 0 fully saturated rings. The van der Waals surface area contributed by atoms with Crippen LogP contribution in [-0.4, -0.2) is 19.1 Å². The number of nitrogens with zero attached hydrogens (tertiary/aromatic N) is 4. The highest BCUT2D eigenvalue weighted by atomic mass is 15.1. The van der Waals surface area contributed by atoms with E-state index in [1.54, 1.807) is 0 Å². The molecule has 0 aliphatic heterocycles. The molecule has 0 atom stereocenters. The number of pyridine rings is 1. The van der Waals surface area contributed by atoms with Crippen LogP contribution in [0.25, 0.3) is 33.5 Å². The standard InChI is InChI=1S/C16H14N4/c1-19-10-12(11-6-5-9-17-15(11)19)16-18-13-7-3-4-8-14(13)20(16)2/h3-10H,1-2H3. The predicted octanol–water partition coefficient (Wildman–Crippen LogP) is 3.13. The van der Waals surface area contributed by atoms with Crippen molar-refractivity contribution in [2.45, 2.75) is 0 Å². The third-order valence-corrected chi connectivity index (χ3v) is 3.76. The number of para-hydroxylation sites is 2. The van der Waals surface area contributed by atoms with E-state index in [1.807, 2.05) is 42.1 Å². The van der Waals surface area contributed by atoms with Crippen LogP contribution in [0.4, 0.5) is 0 Å². The first-order chi connectivity index (χ1) is 9.75. The molecule has 4 heteroatoms. The molecule has 0 saturated carbocycles. The third-order valence-electron chi connectivity index (χ3n) is 3.76. The van der Waals surface area contributed by atoms with E-state index < -0.39 is 0 Å². The number of fused-ring (bicyclic) bond motifs is 2. The van der Waals surface area contributed by atoms with Gasteiger partial charge in [-0.25, -0.2) is 9.97 Å². The molecule has 0 unspecified atom stereocenters. The second-order valence-corrected chi connectivity index (χ2v) is 5.01. The smallest absolute Gasteiger partial charge is 0.143 e. The van der Waals surface area contributed by atoms with Crippen LogP contribution in [0.3, 0.4) is 0 Å². The van der Waals surface area contributed by atoms with Gasteiger partial charge < -0.3 is 9.13 Å². The number of rotatable bonds is 1. The quantitative estimate of drug-likeness (QED) is 0.528. The second-order valence-electron chi connectivity index (χ2n) is 5.01. The fraction of sp³-hybridized carbons (Fsp3) is 0.125. The fourth-order valence-electron chi connectivity index (χ4n) is 2.78. The van der Waals surface area contributed by atoms with E-state index in [0.717, 1.165) is 33.5 Å². The van der Waals surface area contributed by atoms with Crippen molar-refractivity contribution < 1.29 is 0 Å². The molecule has 0 radical (unpaired) electrons. The van der Waals surface area contributed by atoms with Crippen molar-refractivity contribution in [2.75, 3.05) is 0 Å². The summed E-state index contributed by atoms with van der Waals surface area (Å²) in [7, 11) is 4.07. The van der Waals surface area contributed by atoms with E-state index in [9.17, 15) is 0 Å². The summed E-state index contributed by atoms with van der Waals surface area (Å²) in [6.45, 7) is 0. The van der Waals surface area contributed by atoms with Gasteiger partial charge in [0, 0.05) is 37.4 Å². The highest BCUT2D eigenvalue weighted by Gasteiger charge is 2.15. The van der Waals surface area contributed by atoms with Crippen molar-refractivity contribution in [1.82, 2.24) is 19.1 Å². The first-order valence-electron chi connectivity index (χ1n) is 6.57. The molecule has 1 aromatic carbocycles. The molecule has 0 aliphatic carbocycles.